The number of H-pyrrole nitrogens is 1. The van der Waals surface area contributed by atoms with Crippen LogP contribution in [0.3, 0.4) is 0 Å². The normalized spacial score (nSPS) is 14.3. The van der Waals surface area contributed by atoms with Crippen LogP contribution in [0.25, 0.3) is 11.2 Å². The van der Waals surface area contributed by atoms with Crippen molar-refractivity contribution in [3.8, 4) is 0 Å². The summed E-state index contributed by atoms with van der Waals surface area (Å²) in [5.41, 5.74) is 2.61. The Hall–Kier alpha value is -2.70. The van der Waals surface area contributed by atoms with E-state index in [2.05, 4.69) is 35.6 Å². The Morgan fingerprint density at radius 1 is 1.29 bits per heavy atom. The maximum absolute atomic E-state index is 4.54. The summed E-state index contributed by atoms with van der Waals surface area (Å²) in [6, 6.07) is 4.45. The lowest BCUT2D eigenvalue weighted by molar-refractivity contribution is 1.04. The number of pyridine rings is 1. The third-order valence-electron chi connectivity index (χ3n) is 3.38. The second-order valence-electron chi connectivity index (χ2n) is 5.13. The lowest BCUT2D eigenvalue weighted by Gasteiger charge is -2.08. The Morgan fingerprint density at radius 2 is 2.24 bits per heavy atom. The van der Waals surface area contributed by atoms with Crippen LogP contribution in [0, 0.1) is 0 Å². The van der Waals surface area contributed by atoms with Gasteiger partial charge in [-0.2, -0.15) is 9.97 Å². The molecule has 3 aromatic rings. The fourth-order valence-corrected chi connectivity index (χ4v) is 2.12. The van der Waals surface area contributed by atoms with Gasteiger partial charge in [-0.15, -0.1) is 0 Å². The molecule has 7 nitrogen and oxygen atoms in total. The van der Waals surface area contributed by atoms with Crippen molar-refractivity contribution in [3.05, 3.63) is 36.4 Å². The summed E-state index contributed by atoms with van der Waals surface area (Å²) in [4.78, 5) is 20.4. The molecule has 21 heavy (non-hydrogen) atoms. The number of nitrogens with one attached hydrogen (secondary N) is 3. The summed E-state index contributed by atoms with van der Waals surface area (Å²) in [6.45, 7) is 0.632. The number of imidazole rings is 1. The number of fused-ring (bicyclic) bond motifs is 1. The SMILES string of the molecule is c1cncc(CNc2nc(NC3CC3)c3[nH]cnc3n2)c1. The Balaban J connectivity index is 1.59. The van der Waals surface area contributed by atoms with Gasteiger partial charge >= 0.3 is 0 Å². The van der Waals surface area contributed by atoms with Gasteiger partial charge in [-0.05, 0) is 24.5 Å². The first kappa shape index (κ1) is 12.1. The number of aromatic amines is 1. The molecule has 3 aromatic heterocycles. The Labute approximate surface area is 121 Å². The van der Waals surface area contributed by atoms with Crippen molar-refractivity contribution in [1.29, 1.82) is 0 Å². The largest absolute Gasteiger partial charge is 0.365 e. The molecule has 0 spiro atoms. The monoisotopic (exact) mass is 281 g/mol. The van der Waals surface area contributed by atoms with E-state index in [4.69, 9.17) is 0 Å². The number of hydrogen-bond donors (Lipinski definition) is 3. The molecule has 0 amide bonds. The lowest BCUT2D eigenvalue weighted by Crippen LogP contribution is -2.09. The second kappa shape index (κ2) is 5.01. The summed E-state index contributed by atoms with van der Waals surface area (Å²) < 4.78 is 0. The molecule has 7 heteroatoms. The topological polar surface area (TPSA) is 91.4 Å². The molecule has 0 unspecified atom stereocenters. The average Bonchev–Trinajstić information content (AvgIpc) is 3.20. The zero-order chi connectivity index (χ0) is 14.1. The van der Waals surface area contributed by atoms with Crippen molar-refractivity contribution in [2.24, 2.45) is 0 Å². The van der Waals surface area contributed by atoms with Crippen molar-refractivity contribution in [3.63, 3.8) is 0 Å². The third-order valence-corrected chi connectivity index (χ3v) is 3.38. The van der Waals surface area contributed by atoms with E-state index in [1.807, 2.05) is 18.3 Å². The third kappa shape index (κ3) is 2.62. The van der Waals surface area contributed by atoms with Gasteiger partial charge in [0.15, 0.2) is 11.5 Å². The number of hydrogen-bond acceptors (Lipinski definition) is 6. The molecule has 0 bridgehead atoms. The highest BCUT2D eigenvalue weighted by atomic mass is 15.2. The minimum absolute atomic E-state index is 0.526. The fourth-order valence-electron chi connectivity index (χ4n) is 2.12. The second-order valence-corrected chi connectivity index (χ2v) is 5.13. The van der Waals surface area contributed by atoms with Crippen LogP contribution < -0.4 is 10.6 Å². The molecule has 106 valence electrons. The number of anilines is 2. The van der Waals surface area contributed by atoms with E-state index in [0.717, 1.165) is 16.9 Å². The molecule has 1 saturated carbocycles. The zero-order valence-electron chi connectivity index (χ0n) is 11.4. The first-order valence-corrected chi connectivity index (χ1v) is 6.99. The fraction of sp³-hybridized carbons (Fsp3) is 0.286. The first-order valence-electron chi connectivity index (χ1n) is 6.99. The predicted molar refractivity (Wildman–Crippen MR) is 79.9 cm³/mol. The minimum Gasteiger partial charge on any atom is -0.365 e. The van der Waals surface area contributed by atoms with E-state index in [-0.39, 0.29) is 0 Å². The predicted octanol–water partition coefficient (Wildman–Crippen LogP) is 1.93. The highest BCUT2D eigenvalue weighted by Crippen LogP contribution is 2.27. The minimum atomic E-state index is 0.526. The van der Waals surface area contributed by atoms with Crippen molar-refractivity contribution in [1.82, 2.24) is 24.9 Å². The zero-order valence-corrected chi connectivity index (χ0v) is 11.4. The van der Waals surface area contributed by atoms with Crippen LogP contribution in [0.4, 0.5) is 11.8 Å². The van der Waals surface area contributed by atoms with E-state index >= 15 is 0 Å². The first-order chi connectivity index (χ1) is 10.4. The molecule has 3 N–H and O–H groups in total. The van der Waals surface area contributed by atoms with E-state index in [1.165, 1.54) is 12.8 Å². The van der Waals surface area contributed by atoms with Crippen LogP contribution in [-0.4, -0.2) is 31.0 Å². The number of rotatable bonds is 5. The molecule has 0 saturated heterocycles. The van der Waals surface area contributed by atoms with Gasteiger partial charge in [-0.25, -0.2) is 4.98 Å². The summed E-state index contributed by atoms with van der Waals surface area (Å²) in [6.07, 6.45) is 7.61. The molecule has 1 fully saturated rings. The Morgan fingerprint density at radius 3 is 3.05 bits per heavy atom. The van der Waals surface area contributed by atoms with Crippen molar-refractivity contribution >= 4 is 22.9 Å². The molecular formula is C14H15N7. The molecule has 0 atom stereocenters. The van der Waals surface area contributed by atoms with Crippen LogP contribution in [0.1, 0.15) is 18.4 Å². The molecule has 0 radical (unpaired) electrons. The van der Waals surface area contributed by atoms with Gasteiger partial charge in [0, 0.05) is 25.0 Å². The molecular weight excluding hydrogens is 266 g/mol. The molecule has 0 aromatic carbocycles. The van der Waals surface area contributed by atoms with Crippen LogP contribution >= 0.6 is 0 Å². The van der Waals surface area contributed by atoms with E-state index in [0.29, 0.717) is 24.2 Å². The summed E-state index contributed by atoms with van der Waals surface area (Å²) in [5, 5.41) is 6.63. The summed E-state index contributed by atoms with van der Waals surface area (Å²) >= 11 is 0. The molecule has 1 aliphatic rings. The van der Waals surface area contributed by atoms with Gasteiger partial charge in [0.1, 0.15) is 5.52 Å². The van der Waals surface area contributed by atoms with E-state index in [9.17, 15) is 0 Å². The maximum atomic E-state index is 4.54. The van der Waals surface area contributed by atoms with E-state index < -0.39 is 0 Å². The van der Waals surface area contributed by atoms with E-state index in [1.54, 1.807) is 12.5 Å². The Kier molecular flexibility index (Phi) is 2.88. The average molecular weight is 281 g/mol. The number of aromatic nitrogens is 5. The van der Waals surface area contributed by atoms with Crippen molar-refractivity contribution in [2.45, 2.75) is 25.4 Å². The maximum Gasteiger partial charge on any atom is 0.227 e. The summed E-state index contributed by atoms with van der Waals surface area (Å²) in [5.74, 6) is 1.38. The van der Waals surface area contributed by atoms with Gasteiger partial charge in [0.05, 0.1) is 6.33 Å². The van der Waals surface area contributed by atoms with Gasteiger partial charge in [-0.1, -0.05) is 6.07 Å². The lowest BCUT2D eigenvalue weighted by atomic mass is 10.3. The highest BCUT2D eigenvalue weighted by Gasteiger charge is 2.23. The molecule has 3 heterocycles. The Bertz CT molecular complexity index is 748. The van der Waals surface area contributed by atoms with Crippen molar-refractivity contribution in [2.75, 3.05) is 10.6 Å². The smallest absolute Gasteiger partial charge is 0.227 e. The van der Waals surface area contributed by atoms with Crippen molar-refractivity contribution < 1.29 is 0 Å². The van der Waals surface area contributed by atoms with Crippen LogP contribution in [0.2, 0.25) is 0 Å². The van der Waals surface area contributed by atoms with Gasteiger partial charge in [0.25, 0.3) is 0 Å². The van der Waals surface area contributed by atoms with Crippen LogP contribution in [0.5, 0.6) is 0 Å². The quantitative estimate of drug-likeness (QED) is 0.662. The number of nitrogens with zero attached hydrogens (tertiary/aromatic N) is 4. The van der Waals surface area contributed by atoms with Crippen LogP contribution in [-0.2, 0) is 6.54 Å². The highest BCUT2D eigenvalue weighted by molar-refractivity contribution is 5.83. The van der Waals surface area contributed by atoms with Gasteiger partial charge in [-0.3, -0.25) is 4.98 Å². The van der Waals surface area contributed by atoms with Crippen LogP contribution in [0.15, 0.2) is 30.9 Å². The molecule has 1 aliphatic carbocycles. The molecule has 0 aliphatic heterocycles. The molecule has 4 rings (SSSR count). The standard InChI is InChI=1S/C14H15N7/c1-2-9(6-15-5-1)7-16-14-20-12-11(17-8-18-12)13(21-14)19-10-3-4-10/h1-2,5-6,8,10H,3-4,7H2,(H3,16,17,18,19,20,21). The van der Waals surface area contributed by atoms with Gasteiger partial charge in [0.2, 0.25) is 5.95 Å². The van der Waals surface area contributed by atoms with Gasteiger partial charge < -0.3 is 15.6 Å². The summed E-state index contributed by atoms with van der Waals surface area (Å²) in [7, 11) is 0.